The average molecular weight is 414 g/mol. The van der Waals surface area contributed by atoms with E-state index in [1.54, 1.807) is 6.08 Å². The average Bonchev–Trinajstić information content (AvgIpc) is 3.01. The van der Waals surface area contributed by atoms with E-state index in [9.17, 15) is 18.7 Å². The third kappa shape index (κ3) is 3.72. The Morgan fingerprint density at radius 1 is 1.32 bits per heavy atom. The lowest BCUT2D eigenvalue weighted by molar-refractivity contribution is -0.122. The summed E-state index contributed by atoms with van der Waals surface area (Å²) in [6.07, 6.45) is 6.92. The van der Waals surface area contributed by atoms with E-state index in [1.807, 2.05) is 12.3 Å². The van der Waals surface area contributed by atoms with Crippen molar-refractivity contribution in [2.45, 2.75) is 49.3 Å². The Labute approximate surface area is 168 Å². The first-order chi connectivity index (χ1) is 13.2. The number of aliphatic hydroxyl groups is 1. The van der Waals surface area contributed by atoms with E-state index in [4.69, 9.17) is 11.6 Å². The van der Waals surface area contributed by atoms with E-state index in [0.717, 1.165) is 13.1 Å². The molecule has 2 fully saturated rings. The Balaban J connectivity index is 1.44. The third-order valence-electron chi connectivity index (χ3n) is 6.39. The molecule has 0 radical (unpaired) electrons. The van der Waals surface area contributed by atoms with Crippen molar-refractivity contribution in [1.82, 2.24) is 15.1 Å². The minimum absolute atomic E-state index is 0.00779. The number of carbonyl (C=O) groups excluding carboxylic acids is 1. The number of hydrogen-bond donors (Lipinski definition) is 2. The van der Waals surface area contributed by atoms with Gasteiger partial charge in [0.1, 0.15) is 0 Å². The summed E-state index contributed by atoms with van der Waals surface area (Å²) in [6, 6.07) is 0.341. The zero-order valence-electron chi connectivity index (χ0n) is 15.9. The number of hydrogen-bond acceptors (Lipinski definition) is 4. The number of carbonyl (C=O) groups is 1. The Morgan fingerprint density at radius 3 is 2.64 bits per heavy atom. The van der Waals surface area contributed by atoms with Gasteiger partial charge in [0.25, 0.3) is 0 Å². The second-order valence-corrected chi connectivity index (χ2v) is 9.01. The summed E-state index contributed by atoms with van der Waals surface area (Å²) in [7, 11) is 2.05. The van der Waals surface area contributed by atoms with Gasteiger partial charge in [-0.2, -0.15) is 0 Å². The molecule has 2 unspecified atom stereocenters. The molecule has 8 heteroatoms. The number of amides is 1. The molecule has 0 bridgehead atoms. The number of nitrogens with one attached hydrogen (secondary N) is 1. The Hall–Kier alpha value is -1.44. The molecule has 0 spiro atoms. The molecule has 0 aromatic rings. The Morgan fingerprint density at radius 2 is 2.00 bits per heavy atom. The van der Waals surface area contributed by atoms with Gasteiger partial charge >= 0.3 is 0 Å². The highest BCUT2D eigenvalue weighted by Gasteiger charge is 2.46. The maximum atomic E-state index is 13.4. The van der Waals surface area contributed by atoms with Crippen LogP contribution in [0.4, 0.5) is 8.78 Å². The highest BCUT2D eigenvalue weighted by atomic mass is 35.5. The lowest BCUT2D eigenvalue weighted by atomic mass is 9.82. The molecule has 154 valence electrons. The van der Waals surface area contributed by atoms with Gasteiger partial charge in [-0.15, -0.1) is 0 Å². The summed E-state index contributed by atoms with van der Waals surface area (Å²) < 4.78 is 26.7. The minimum Gasteiger partial charge on any atom is -0.388 e. The number of fused-ring (bicyclic) bond motifs is 1. The van der Waals surface area contributed by atoms with Crippen molar-refractivity contribution in [3.05, 3.63) is 35.0 Å². The highest BCUT2D eigenvalue weighted by molar-refractivity contribution is 6.30. The fourth-order valence-electron chi connectivity index (χ4n) is 4.58. The van der Waals surface area contributed by atoms with Gasteiger partial charge in [-0.1, -0.05) is 23.8 Å². The standard InChI is InChI=1S/C20H26ClF2N3O2/c1-25-9-13(10-25)26-11-14(17-15(21)3-2-4-16(17)26)18(27)24-12-19(28)5-7-20(22,23)8-6-19/h2-4,11,13,16-17,28H,5-10,12H2,1H3,(H,24,27). The van der Waals surface area contributed by atoms with Gasteiger partial charge in [0.05, 0.1) is 23.6 Å². The van der Waals surface area contributed by atoms with Crippen molar-refractivity contribution in [1.29, 1.82) is 0 Å². The molecule has 4 rings (SSSR count). The maximum absolute atomic E-state index is 13.4. The van der Waals surface area contributed by atoms with E-state index < -0.39 is 11.5 Å². The van der Waals surface area contributed by atoms with Crippen LogP contribution in [0.1, 0.15) is 25.7 Å². The van der Waals surface area contributed by atoms with Gasteiger partial charge in [0.2, 0.25) is 11.8 Å². The number of alkyl halides is 2. The van der Waals surface area contributed by atoms with Crippen molar-refractivity contribution in [3.63, 3.8) is 0 Å². The van der Waals surface area contributed by atoms with E-state index in [2.05, 4.69) is 28.2 Å². The first kappa shape index (κ1) is 19.9. The third-order valence-corrected chi connectivity index (χ3v) is 6.75. The molecular formula is C20H26ClF2N3O2. The van der Waals surface area contributed by atoms with E-state index in [0.29, 0.717) is 16.6 Å². The Kier molecular flexibility index (Phi) is 5.04. The van der Waals surface area contributed by atoms with Crippen LogP contribution in [0.25, 0.3) is 0 Å². The fourth-order valence-corrected chi connectivity index (χ4v) is 4.90. The number of rotatable bonds is 4. The molecule has 1 saturated heterocycles. The SMILES string of the molecule is CN1CC(N2C=C(C(=O)NCC3(O)CCC(F)(F)CC3)C3C(Cl)=CC=CC32)C1. The zero-order valence-corrected chi connectivity index (χ0v) is 16.6. The minimum atomic E-state index is -2.72. The van der Waals surface area contributed by atoms with Gasteiger partial charge < -0.3 is 20.2 Å². The van der Waals surface area contributed by atoms with Crippen molar-refractivity contribution in [3.8, 4) is 0 Å². The molecule has 28 heavy (non-hydrogen) atoms. The summed E-state index contributed by atoms with van der Waals surface area (Å²) in [4.78, 5) is 17.3. The molecule has 5 nitrogen and oxygen atoms in total. The van der Waals surface area contributed by atoms with Gasteiger partial charge in [0.15, 0.2) is 0 Å². The lowest BCUT2D eigenvalue weighted by Crippen LogP contribution is -2.58. The number of likely N-dealkylation sites (N-methyl/N-ethyl adjacent to an activating group) is 1. The zero-order chi connectivity index (χ0) is 20.1. The lowest BCUT2D eigenvalue weighted by Gasteiger charge is -2.45. The summed E-state index contributed by atoms with van der Waals surface area (Å²) in [6.45, 7) is 1.83. The van der Waals surface area contributed by atoms with Crippen LogP contribution in [0.5, 0.6) is 0 Å². The number of halogens is 3. The molecule has 1 saturated carbocycles. The predicted octanol–water partition coefficient (Wildman–Crippen LogP) is 2.23. The van der Waals surface area contributed by atoms with Crippen molar-refractivity contribution in [2.75, 3.05) is 26.7 Å². The molecule has 0 aromatic carbocycles. The monoisotopic (exact) mass is 413 g/mol. The quantitative estimate of drug-likeness (QED) is 0.742. The van der Waals surface area contributed by atoms with E-state index in [1.165, 1.54) is 0 Å². The molecule has 2 aliphatic heterocycles. The fraction of sp³-hybridized carbons (Fsp3) is 0.650. The molecule has 4 aliphatic rings. The highest BCUT2D eigenvalue weighted by Crippen LogP contribution is 2.41. The van der Waals surface area contributed by atoms with Gasteiger partial charge in [-0.3, -0.25) is 4.79 Å². The molecule has 2 atom stereocenters. The second kappa shape index (κ2) is 7.11. The predicted molar refractivity (Wildman–Crippen MR) is 103 cm³/mol. The van der Waals surface area contributed by atoms with Crippen LogP contribution in [-0.2, 0) is 4.79 Å². The molecule has 2 N–H and O–H groups in total. The normalized spacial score (nSPS) is 31.7. The van der Waals surface area contributed by atoms with Crippen LogP contribution in [0.3, 0.4) is 0 Å². The van der Waals surface area contributed by atoms with Crippen LogP contribution in [0.2, 0.25) is 0 Å². The largest absolute Gasteiger partial charge is 0.388 e. The number of likely N-dealkylation sites (tertiary alicyclic amines) is 1. The number of nitrogens with zero attached hydrogens (tertiary/aromatic N) is 2. The van der Waals surface area contributed by atoms with Gasteiger partial charge in [-0.25, -0.2) is 8.78 Å². The van der Waals surface area contributed by atoms with Crippen molar-refractivity contribution < 1.29 is 18.7 Å². The molecular weight excluding hydrogens is 388 g/mol. The van der Waals surface area contributed by atoms with E-state index in [-0.39, 0.29) is 50.1 Å². The summed E-state index contributed by atoms with van der Waals surface area (Å²) >= 11 is 6.44. The molecule has 1 amide bonds. The van der Waals surface area contributed by atoms with Gasteiger partial charge in [-0.05, 0) is 26.0 Å². The smallest absolute Gasteiger partial charge is 0.249 e. The van der Waals surface area contributed by atoms with Crippen LogP contribution in [0, 0.1) is 5.92 Å². The van der Waals surface area contributed by atoms with E-state index >= 15 is 0 Å². The summed E-state index contributed by atoms with van der Waals surface area (Å²) in [5, 5.41) is 13.9. The molecule has 2 aliphatic carbocycles. The van der Waals surface area contributed by atoms with Crippen molar-refractivity contribution >= 4 is 17.5 Å². The number of allylic oxidation sites excluding steroid dienone is 2. The maximum Gasteiger partial charge on any atom is 0.249 e. The summed E-state index contributed by atoms with van der Waals surface area (Å²) in [5.74, 6) is -3.25. The summed E-state index contributed by atoms with van der Waals surface area (Å²) in [5.41, 5.74) is -0.715. The topological polar surface area (TPSA) is 55.8 Å². The first-order valence-corrected chi connectivity index (χ1v) is 10.2. The van der Waals surface area contributed by atoms with Crippen LogP contribution in [0.15, 0.2) is 35.0 Å². The first-order valence-electron chi connectivity index (χ1n) is 9.77. The molecule has 2 heterocycles. The van der Waals surface area contributed by atoms with Crippen LogP contribution >= 0.6 is 11.6 Å². The Bertz CT molecular complexity index is 736. The molecule has 0 aromatic heterocycles. The van der Waals surface area contributed by atoms with Crippen LogP contribution < -0.4 is 5.32 Å². The van der Waals surface area contributed by atoms with Gasteiger partial charge in [0, 0.05) is 49.3 Å². The van der Waals surface area contributed by atoms with Crippen LogP contribution in [-0.4, -0.2) is 71.1 Å². The van der Waals surface area contributed by atoms with Crippen molar-refractivity contribution in [2.24, 2.45) is 5.92 Å². The second-order valence-electron chi connectivity index (χ2n) is 8.57.